The Morgan fingerprint density at radius 1 is 1.00 bits per heavy atom. The summed E-state index contributed by atoms with van der Waals surface area (Å²) in [6, 6.07) is 14.5. The van der Waals surface area contributed by atoms with E-state index in [0.717, 1.165) is 36.1 Å². The lowest BCUT2D eigenvalue weighted by atomic mass is 9.95. The van der Waals surface area contributed by atoms with Gasteiger partial charge in [0.15, 0.2) is 6.61 Å². The zero-order valence-corrected chi connectivity index (χ0v) is 21.5. The highest BCUT2D eigenvalue weighted by Gasteiger charge is 2.27. The summed E-state index contributed by atoms with van der Waals surface area (Å²) in [5.41, 5.74) is 3.25. The summed E-state index contributed by atoms with van der Waals surface area (Å²) in [5, 5.41) is 3.74. The molecule has 1 aliphatic carbocycles. The molecule has 0 aliphatic heterocycles. The minimum atomic E-state index is -0.696. The van der Waals surface area contributed by atoms with Crippen molar-refractivity contribution in [2.45, 2.75) is 32.6 Å². The van der Waals surface area contributed by atoms with Gasteiger partial charge in [-0.2, -0.15) is 0 Å². The van der Waals surface area contributed by atoms with Gasteiger partial charge in [0.25, 0.3) is 5.91 Å². The number of thiophene rings is 1. The van der Waals surface area contributed by atoms with Crippen LogP contribution < -0.4 is 5.32 Å². The van der Waals surface area contributed by atoms with Crippen molar-refractivity contribution >= 4 is 45.1 Å². The second-order valence-electron chi connectivity index (χ2n) is 8.84. The molecule has 1 aliphatic rings. The first-order chi connectivity index (χ1) is 18.4. The van der Waals surface area contributed by atoms with Gasteiger partial charge in [0.2, 0.25) is 0 Å². The Balaban J connectivity index is 1.35. The second-order valence-corrected chi connectivity index (χ2v) is 9.94. The molecule has 38 heavy (non-hydrogen) atoms. The Morgan fingerprint density at radius 3 is 2.55 bits per heavy atom. The summed E-state index contributed by atoms with van der Waals surface area (Å²) in [4.78, 5) is 44.2. The Bertz CT molecular complexity index is 1530. The first kappa shape index (κ1) is 25.5. The first-order valence-corrected chi connectivity index (χ1v) is 13.2. The highest BCUT2D eigenvalue weighted by Crippen LogP contribution is 2.38. The number of anilines is 1. The number of nitrogens with one attached hydrogen (secondary N) is 1. The number of ether oxygens (including phenoxy) is 2. The Morgan fingerprint density at radius 2 is 1.76 bits per heavy atom. The van der Waals surface area contributed by atoms with Gasteiger partial charge in [0.1, 0.15) is 10.8 Å². The molecule has 7 nitrogen and oxygen atoms in total. The molecule has 0 saturated heterocycles. The molecule has 9 heteroatoms. The van der Waals surface area contributed by atoms with E-state index in [-0.39, 0.29) is 18.0 Å². The van der Waals surface area contributed by atoms with Crippen LogP contribution in [0.15, 0.2) is 54.6 Å². The molecular weight excluding hydrogens is 507 g/mol. The van der Waals surface area contributed by atoms with Crippen LogP contribution in [0.5, 0.6) is 0 Å². The van der Waals surface area contributed by atoms with Crippen molar-refractivity contribution in [1.29, 1.82) is 0 Å². The van der Waals surface area contributed by atoms with Crippen molar-refractivity contribution in [3.05, 3.63) is 82.0 Å². The minimum absolute atomic E-state index is 0.230. The third kappa shape index (κ3) is 5.28. The fourth-order valence-electron chi connectivity index (χ4n) is 4.56. The summed E-state index contributed by atoms with van der Waals surface area (Å²) >= 11 is 1.37. The van der Waals surface area contributed by atoms with Crippen molar-refractivity contribution in [3.8, 4) is 11.3 Å². The maximum atomic E-state index is 13.4. The molecule has 0 bridgehead atoms. The van der Waals surface area contributed by atoms with E-state index in [4.69, 9.17) is 9.47 Å². The Labute approximate surface area is 222 Å². The average Bonchev–Trinajstić information content (AvgIpc) is 3.29. The van der Waals surface area contributed by atoms with Crippen molar-refractivity contribution < 1.29 is 28.2 Å². The van der Waals surface area contributed by atoms with Gasteiger partial charge in [-0.05, 0) is 74.6 Å². The number of halogens is 1. The highest BCUT2D eigenvalue weighted by atomic mass is 32.1. The topological polar surface area (TPSA) is 94.6 Å². The number of esters is 2. The third-order valence-electron chi connectivity index (χ3n) is 6.31. The molecule has 0 spiro atoms. The van der Waals surface area contributed by atoms with E-state index in [0.29, 0.717) is 32.7 Å². The third-order valence-corrected chi connectivity index (χ3v) is 7.52. The normalized spacial score (nSPS) is 12.6. The molecule has 0 fully saturated rings. The van der Waals surface area contributed by atoms with Crippen LogP contribution in [-0.2, 0) is 27.1 Å². The van der Waals surface area contributed by atoms with Crippen LogP contribution in [0, 0.1) is 5.82 Å². The summed E-state index contributed by atoms with van der Waals surface area (Å²) in [6.45, 7) is 1.43. The molecule has 1 amide bonds. The minimum Gasteiger partial charge on any atom is -0.462 e. The molecule has 194 valence electrons. The van der Waals surface area contributed by atoms with Crippen molar-refractivity contribution in [1.82, 2.24) is 4.98 Å². The SMILES string of the molecule is CCOC(=O)c1c(NC(=O)COC(=O)c2cc(-c3ccc(F)cc3)nc3ccccc23)sc2c1CCCC2. The number of carbonyl (C=O) groups is 3. The number of hydrogen-bond donors (Lipinski definition) is 1. The summed E-state index contributed by atoms with van der Waals surface area (Å²) in [6.07, 6.45) is 3.61. The summed E-state index contributed by atoms with van der Waals surface area (Å²) in [7, 11) is 0. The number of benzene rings is 2. The van der Waals surface area contributed by atoms with Crippen LogP contribution in [0.2, 0.25) is 0 Å². The fraction of sp³-hybridized carbons (Fsp3) is 0.241. The molecule has 0 saturated carbocycles. The number of hydrogen-bond acceptors (Lipinski definition) is 7. The molecule has 2 aromatic heterocycles. The molecule has 5 rings (SSSR count). The zero-order valence-electron chi connectivity index (χ0n) is 20.7. The number of fused-ring (bicyclic) bond motifs is 2. The number of aryl methyl sites for hydroxylation is 1. The molecule has 1 N–H and O–H groups in total. The first-order valence-electron chi connectivity index (χ1n) is 12.4. The number of aromatic nitrogens is 1. The van der Waals surface area contributed by atoms with Gasteiger partial charge >= 0.3 is 11.9 Å². The smallest absolute Gasteiger partial charge is 0.341 e. The van der Waals surface area contributed by atoms with Gasteiger partial charge < -0.3 is 14.8 Å². The van der Waals surface area contributed by atoms with Crippen LogP contribution in [0.3, 0.4) is 0 Å². The monoisotopic (exact) mass is 532 g/mol. The molecule has 2 aromatic carbocycles. The molecular formula is C29H25FN2O5S. The van der Waals surface area contributed by atoms with Gasteiger partial charge in [0, 0.05) is 15.8 Å². The Kier molecular flexibility index (Phi) is 7.46. The zero-order chi connectivity index (χ0) is 26.6. The quantitative estimate of drug-likeness (QED) is 0.296. The highest BCUT2D eigenvalue weighted by molar-refractivity contribution is 7.17. The molecule has 4 aromatic rings. The Hall–Kier alpha value is -4.11. The molecule has 0 radical (unpaired) electrons. The van der Waals surface area contributed by atoms with E-state index in [1.165, 1.54) is 23.5 Å². The van der Waals surface area contributed by atoms with Crippen LogP contribution >= 0.6 is 11.3 Å². The van der Waals surface area contributed by atoms with Gasteiger partial charge in [-0.15, -0.1) is 11.3 Å². The average molecular weight is 533 g/mol. The van der Waals surface area contributed by atoms with Crippen molar-refractivity contribution in [2.75, 3.05) is 18.5 Å². The number of rotatable bonds is 7. The van der Waals surface area contributed by atoms with E-state index in [2.05, 4.69) is 10.3 Å². The van der Waals surface area contributed by atoms with Crippen LogP contribution in [0.4, 0.5) is 9.39 Å². The number of pyridine rings is 1. The predicted molar refractivity (Wildman–Crippen MR) is 143 cm³/mol. The fourth-order valence-corrected chi connectivity index (χ4v) is 5.85. The van der Waals surface area contributed by atoms with Gasteiger partial charge in [-0.1, -0.05) is 18.2 Å². The maximum Gasteiger partial charge on any atom is 0.341 e. The van der Waals surface area contributed by atoms with E-state index in [1.54, 1.807) is 49.4 Å². The van der Waals surface area contributed by atoms with Gasteiger partial charge in [-0.3, -0.25) is 4.79 Å². The largest absolute Gasteiger partial charge is 0.462 e. The van der Waals surface area contributed by atoms with Crippen molar-refractivity contribution in [3.63, 3.8) is 0 Å². The van der Waals surface area contributed by atoms with Crippen molar-refractivity contribution in [2.24, 2.45) is 0 Å². The lowest BCUT2D eigenvalue weighted by Crippen LogP contribution is -2.22. The van der Waals surface area contributed by atoms with Crippen LogP contribution in [0.25, 0.3) is 22.2 Å². The van der Waals surface area contributed by atoms with Gasteiger partial charge in [-0.25, -0.2) is 19.0 Å². The van der Waals surface area contributed by atoms with Gasteiger partial charge in [0.05, 0.1) is 28.9 Å². The number of para-hydroxylation sites is 1. The summed E-state index contributed by atoms with van der Waals surface area (Å²) < 4.78 is 24.0. The maximum absolute atomic E-state index is 13.4. The van der Waals surface area contributed by atoms with Crippen LogP contribution in [0.1, 0.15) is 50.9 Å². The number of carbonyl (C=O) groups excluding carboxylic acids is 3. The van der Waals surface area contributed by atoms with E-state index in [1.807, 2.05) is 0 Å². The lowest BCUT2D eigenvalue weighted by molar-refractivity contribution is -0.119. The second kappa shape index (κ2) is 11.1. The van der Waals surface area contributed by atoms with E-state index >= 15 is 0 Å². The van der Waals surface area contributed by atoms with E-state index in [9.17, 15) is 18.8 Å². The molecule has 0 unspecified atom stereocenters. The summed E-state index contributed by atoms with van der Waals surface area (Å²) in [5.74, 6) is -2.09. The van der Waals surface area contributed by atoms with Crippen LogP contribution in [-0.4, -0.2) is 36.0 Å². The number of amides is 1. The lowest BCUT2D eigenvalue weighted by Gasteiger charge is -2.12. The molecule has 0 atom stereocenters. The standard InChI is InChI=1S/C29H25FN2O5S/c1-2-36-29(35)26-20-8-4-6-10-24(20)38-27(26)32-25(33)16-37-28(34)21-15-23(17-11-13-18(30)14-12-17)31-22-9-5-3-7-19(21)22/h3,5,7,9,11-15H,2,4,6,8,10,16H2,1H3,(H,32,33). The molecule has 2 heterocycles. The van der Waals surface area contributed by atoms with E-state index < -0.39 is 24.5 Å². The number of nitrogens with zero attached hydrogens (tertiary/aromatic N) is 1. The predicted octanol–water partition coefficient (Wildman–Crippen LogP) is 5.95.